The van der Waals surface area contributed by atoms with Crippen molar-refractivity contribution in [3.63, 3.8) is 0 Å². The fourth-order valence-corrected chi connectivity index (χ4v) is 2.87. The maximum atomic E-state index is 12.0. The van der Waals surface area contributed by atoms with Crippen LogP contribution in [0.4, 0.5) is 0 Å². The van der Waals surface area contributed by atoms with Crippen molar-refractivity contribution < 1.29 is 4.79 Å². The molecule has 0 radical (unpaired) electrons. The molecule has 3 aromatic heterocycles. The normalized spacial score (nSPS) is 10.8. The minimum Gasteiger partial charge on any atom is -0.351 e. The van der Waals surface area contributed by atoms with E-state index in [-0.39, 0.29) is 5.91 Å². The Balaban J connectivity index is 1.70. The van der Waals surface area contributed by atoms with Gasteiger partial charge in [-0.15, -0.1) is 0 Å². The molecule has 28 heavy (non-hydrogen) atoms. The monoisotopic (exact) mass is 393 g/mol. The van der Waals surface area contributed by atoms with E-state index in [4.69, 9.17) is 0 Å². The molecule has 0 aliphatic rings. The van der Waals surface area contributed by atoms with Gasteiger partial charge in [-0.3, -0.25) is 24.6 Å². The number of carbonyl (C=O) groups excluding carboxylic acids is 1. The van der Waals surface area contributed by atoms with Gasteiger partial charge in [0.05, 0.1) is 22.6 Å². The topological polar surface area (TPSA) is 71.0 Å². The van der Waals surface area contributed by atoms with Crippen molar-refractivity contribution in [3.8, 4) is 0 Å². The molecule has 0 unspecified atom stereocenters. The Morgan fingerprint density at radius 3 is 1.93 bits per heavy atom. The smallest absolute Gasteiger partial charge is 0.252 e. The van der Waals surface area contributed by atoms with Crippen molar-refractivity contribution in [1.82, 2.24) is 25.2 Å². The van der Waals surface area contributed by atoms with Gasteiger partial charge in [0, 0.05) is 50.5 Å². The van der Waals surface area contributed by atoms with E-state index in [1.807, 2.05) is 42.5 Å². The Bertz CT molecular complexity index is 817. The van der Waals surface area contributed by atoms with Gasteiger partial charge in [0.25, 0.3) is 5.91 Å². The van der Waals surface area contributed by atoms with Crippen LogP contribution >= 0.6 is 12.6 Å². The average Bonchev–Trinajstić information content (AvgIpc) is 2.74. The Morgan fingerprint density at radius 2 is 1.46 bits per heavy atom. The van der Waals surface area contributed by atoms with Crippen LogP contribution in [0.2, 0.25) is 0 Å². The minimum atomic E-state index is -0.132. The summed E-state index contributed by atoms with van der Waals surface area (Å²) in [7, 11) is 0. The molecule has 144 valence electrons. The molecule has 0 aromatic carbocycles. The van der Waals surface area contributed by atoms with Crippen molar-refractivity contribution in [2.45, 2.75) is 19.6 Å². The lowest BCUT2D eigenvalue weighted by molar-refractivity contribution is 0.0956. The van der Waals surface area contributed by atoms with E-state index in [0.29, 0.717) is 37.5 Å². The predicted molar refractivity (Wildman–Crippen MR) is 112 cm³/mol. The van der Waals surface area contributed by atoms with Gasteiger partial charge in [0.15, 0.2) is 0 Å². The Labute approximate surface area is 170 Å². The van der Waals surface area contributed by atoms with Crippen LogP contribution in [-0.4, -0.2) is 38.1 Å². The van der Waals surface area contributed by atoms with Crippen LogP contribution in [-0.2, 0) is 19.6 Å². The SMILES string of the molecule is O=C(NCCS)c1ccc(CN(Cc2ccccn2)Cc2ccccn2)nc1. The number of hydrogen-bond acceptors (Lipinski definition) is 6. The van der Waals surface area contributed by atoms with Gasteiger partial charge in [-0.2, -0.15) is 12.6 Å². The van der Waals surface area contributed by atoms with Crippen LogP contribution in [0.3, 0.4) is 0 Å². The fourth-order valence-electron chi connectivity index (χ4n) is 2.76. The number of rotatable bonds is 9. The first-order valence-corrected chi connectivity index (χ1v) is 9.74. The first-order chi connectivity index (χ1) is 13.7. The number of amides is 1. The van der Waals surface area contributed by atoms with Gasteiger partial charge in [-0.05, 0) is 36.4 Å². The van der Waals surface area contributed by atoms with Gasteiger partial charge in [-0.25, -0.2) is 0 Å². The average molecular weight is 394 g/mol. The van der Waals surface area contributed by atoms with Crippen LogP contribution in [0.5, 0.6) is 0 Å². The number of thiol groups is 1. The molecular formula is C21H23N5OS. The highest BCUT2D eigenvalue weighted by atomic mass is 32.1. The first-order valence-electron chi connectivity index (χ1n) is 9.11. The van der Waals surface area contributed by atoms with E-state index < -0.39 is 0 Å². The molecule has 6 nitrogen and oxygen atoms in total. The number of hydrogen-bond donors (Lipinski definition) is 2. The zero-order valence-electron chi connectivity index (χ0n) is 15.5. The number of pyridine rings is 3. The zero-order chi connectivity index (χ0) is 19.6. The Kier molecular flexibility index (Phi) is 7.52. The van der Waals surface area contributed by atoms with Crippen LogP contribution in [0.1, 0.15) is 27.4 Å². The Hall–Kier alpha value is -2.77. The zero-order valence-corrected chi connectivity index (χ0v) is 16.4. The van der Waals surface area contributed by atoms with Crippen molar-refractivity contribution in [2.75, 3.05) is 12.3 Å². The van der Waals surface area contributed by atoms with Gasteiger partial charge >= 0.3 is 0 Å². The molecule has 0 aliphatic carbocycles. The summed E-state index contributed by atoms with van der Waals surface area (Å²) in [6, 6.07) is 15.5. The van der Waals surface area contributed by atoms with Gasteiger partial charge < -0.3 is 5.32 Å². The molecule has 3 heterocycles. The van der Waals surface area contributed by atoms with E-state index in [1.165, 1.54) is 0 Å². The molecule has 0 spiro atoms. The summed E-state index contributed by atoms with van der Waals surface area (Å²) in [5, 5.41) is 2.79. The molecule has 0 aliphatic heterocycles. The molecular weight excluding hydrogens is 370 g/mol. The van der Waals surface area contributed by atoms with Crippen LogP contribution in [0.25, 0.3) is 0 Å². The molecule has 0 saturated heterocycles. The fraction of sp³-hybridized carbons (Fsp3) is 0.238. The molecule has 3 rings (SSSR count). The summed E-state index contributed by atoms with van der Waals surface area (Å²) in [5.74, 6) is 0.472. The standard InChI is InChI=1S/C21H23N5OS/c27-21(24-11-12-28)17-7-8-20(25-13-17)16-26(14-18-5-1-3-9-22-18)15-19-6-2-4-10-23-19/h1-10,13,28H,11-12,14-16H2,(H,24,27). The van der Waals surface area contributed by atoms with E-state index >= 15 is 0 Å². The summed E-state index contributed by atoms with van der Waals surface area (Å²) in [6.07, 6.45) is 5.21. The largest absolute Gasteiger partial charge is 0.351 e. The maximum absolute atomic E-state index is 12.0. The summed E-state index contributed by atoms with van der Waals surface area (Å²) < 4.78 is 0. The first kappa shape index (κ1) is 20.0. The summed E-state index contributed by atoms with van der Waals surface area (Å²) in [5.41, 5.74) is 3.41. The molecule has 0 bridgehead atoms. The van der Waals surface area contributed by atoms with Crippen molar-refractivity contribution in [3.05, 3.63) is 89.8 Å². The van der Waals surface area contributed by atoms with Gasteiger partial charge in [-0.1, -0.05) is 12.1 Å². The quantitative estimate of drug-likeness (QED) is 0.547. The molecule has 1 amide bonds. The molecule has 7 heteroatoms. The lowest BCUT2D eigenvalue weighted by Gasteiger charge is -2.21. The highest BCUT2D eigenvalue weighted by molar-refractivity contribution is 7.80. The maximum Gasteiger partial charge on any atom is 0.252 e. The molecule has 1 N–H and O–H groups in total. The highest BCUT2D eigenvalue weighted by Gasteiger charge is 2.12. The number of aromatic nitrogens is 3. The van der Waals surface area contributed by atoms with E-state index in [2.05, 4.69) is 37.8 Å². The second-order valence-electron chi connectivity index (χ2n) is 6.31. The van der Waals surface area contributed by atoms with Crippen molar-refractivity contribution >= 4 is 18.5 Å². The molecule has 0 saturated carbocycles. The Morgan fingerprint density at radius 1 is 0.857 bits per heavy atom. The van der Waals surface area contributed by atoms with Crippen molar-refractivity contribution in [2.24, 2.45) is 0 Å². The van der Waals surface area contributed by atoms with Crippen LogP contribution < -0.4 is 5.32 Å². The third-order valence-corrected chi connectivity index (χ3v) is 4.32. The number of nitrogens with zero attached hydrogens (tertiary/aromatic N) is 4. The molecule has 3 aromatic rings. The van der Waals surface area contributed by atoms with E-state index in [1.54, 1.807) is 24.7 Å². The molecule has 0 fully saturated rings. The van der Waals surface area contributed by atoms with Crippen molar-refractivity contribution in [1.29, 1.82) is 0 Å². The van der Waals surface area contributed by atoms with Gasteiger partial charge in [0.2, 0.25) is 0 Å². The van der Waals surface area contributed by atoms with E-state index in [9.17, 15) is 4.79 Å². The lowest BCUT2D eigenvalue weighted by atomic mass is 10.2. The summed E-state index contributed by atoms with van der Waals surface area (Å²) >= 11 is 4.10. The lowest BCUT2D eigenvalue weighted by Crippen LogP contribution is -2.26. The minimum absolute atomic E-state index is 0.132. The van der Waals surface area contributed by atoms with Crippen LogP contribution in [0.15, 0.2) is 67.1 Å². The van der Waals surface area contributed by atoms with Crippen LogP contribution in [0, 0.1) is 0 Å². The summed E-state index contributed by atoms with van der Waals surface area (Å²) in [6.45, 7) is 2.53. The number of carbonyl (C=O) groups is 1. The second-order valence-corrected chi connectivity index (χ2v) is 6.75. The number of nitrogens with one attached hydrogen (secondary N) is 1. The van der Waals surface area contributed by atoms with E-state index in [0.717, 1.165) is 17.1 Å². The highest BCUT2D eigenvalue weighted by Crippen LogP contribution is 2.11. The van der Waals surface area contributed by atoms with Gasteiger partial charge in [0.1, 0.15) is 0 Å². The summed E-state index contributed by atoms with van der Waals surface area (Å²) in [4.78, 5) is 27.6. The third-order valence-electron chi connectivity index (χ3n) is 4.09. The molecule has 0 atom stereocenters. The second kappa shape index (κ2) is 10.5. The predicted octanol–water partition coefficient (Wildman–Crippen LogP) is 2.73. The third kappa shape index (κ3) is 6.14.